The zero-order valence-electron chi connectivity index (χ0n) is 7.85. The van der Waals surface area contributed by atoms with Crippen LogP contribution in [-0.4, -0.2) is 45.7 Å². The first kappa shape index (κ1) is 11.4. The van der Waals surface area contributed by atoms with Crippen LogP contribution >= 0.6 is 11.6 Å². The molecule has 0 radical (unpaired) electrons. The smallest absolute Gasteiger partial charge is 0.323 e. The predicted molar refractivity (Wildman–Crippen MR) is 51.6 cm³/mol. The highest BCUT2D eigenvalue weighted by Crippen LogP contribution is 2.04. The molecule has 0 saturated heterocycles. The Morgan fingerprint density at radius 1 is 1.47 bits per heavy atom. The van der Waals surface area contributed by atoms with E-state index in [0.717, 1.165) is 4.90 Å². The van der Waals surface area contributed by atoms with Crippen LogP contribution in [0.15, 0.2) is 12.1 Å². The number of likely N-dealkylation sites (N-methyl/N-ethyl adjacent to an activating group) is 1. The second-order valence-corrected chi connectivity index (χ2v) is 3.18. The molecule has 0 saturated carbocycles. The standard InChI is InChI=1S/C8H8ClN3O3/c1-12(4-7(13)14)8(15)5-2-3-6(9)11-10-5/h2-3H,4H2,1H3,(H,13,14). The maximum absolute atomic E-state index is 11.5. The number of carbonyl (C=O) groups excluding carboxylic acids is 1. The van der Waals surface area contributed by atoms with Crippen molar-refractivity contribution in [2.45, 2.75) is 0 Å². The third-order valence-corrected chi connectivity index (χ3v) is 1.77. The summed E-state index contributed by atoms with van der Waals surface area (Å²) in [6.07, 6.45) is 0. The van der Waals surface area contributed by atoms with Crippen LogP contribution in [0.5, 0.6) is 0 Å². The van der Waals surface area contributed by atoms with E-state index in [-0.39, 0.29) is 17.4 Å². The van der Waals surface area contributed by atoms with Gasteiger partial charge in [0.2, 0.25) is 0 Å². The number of amides is 1. The van der Waals surface area contributed by atoms with Gasteiger partial charge in [-0.25, -0.2) is 0 Å². The van der Waals surface area contributed by atoms with E-state index < -0.39 is 11.9 Å². The minimum Gasteiger partial charge on any atom is -0.480 e. The molecule has 0 aliphatic heterocycles. The van der Waals surface area contributed by atoms with Gasteiger partial charge >= 0.3 is 5.97 Å². The largest absolute Gasteiger partial charge is 0.480 e. The highest BCUT2D eigenvalue weighted by molar-refractivity contribution is 6.29. The molecule has 0 atom stereocenters. The highest BCUT2D eigenvalue weighted by atomic mass is 35.5. The van der Waals surface area contributed by atoms with Crippen molar-refractivity contribution in [1.82, 2.24) is 15.1 Å². The molecule has 1 aromatic heterocycles. The van der Waals surface area contributed by atoms with Gasteiger partial charge in [-0.15, -0.1) is 10.2 Å². The Labute approximate surface area is 90.5 Å². The van der Waals surface area contributed by atoms with Crippen molar-refractivity contribution in [3.8, 4) is 0 Å². The minimum atomic E-state index is -1.09. The summed E-state index contributed by atoms with van der Waals surface area (Å²) in [5, 5.41) is 15.7. The van der Waals surface area contributed by atoms with Crippen LogP contribution in [-0.2, 0) is 4.79 Å². The van der Waals surface area contributed by atoms with E-state index in [1.807, 2.05) is 0 Å². The summed E-state index contributed by atoms with van der Waals surface area (Å²) in [7, 11) is 1.37. The summed E-state index contributed by atoms with van der Waals surface area (Å²) in [6, 6.07) is 2.80. The molecule has 0 unspecified atom stereocenters. The first-order chi connectivity index (χ1) is 7.00. The third kappa shape index (κ3) is 3.17. The number of rotatable bonds is 3. The number of hydrogen-bond acceptors (Lipinski definition) is 4. The third-order valence-electron chi connectivity index (χ3n) is 1.57. The van der Waals surface area contributed by atoms with Gasteiger partial charge in [0.1, 0.15) is 6.54 Å². The Morgan fingerprint density at radius 3 is 2.60 bits per heavy atom. The fourth-order valence-corrected chi connectivity index (χ4v) is 1.00. The fraction of sp³-hybridized carbons (Fsp3) is 0.250. The molecular weight excluding hydrogens is 222 g/mol. The van der Waals surface area contributed by atoms with Crippen molar-refractivity contribution >= 4 is 23.5 Å². The molecule has 15 heavy (non-hydrogen) atoms. The Morgan fingerprint density at radius 2 is 2.13 bits per heavy atom. The SMILES string of the molecule is CN(CC(=O)O)C(=O)c1ccc(Cl)nn1. The molecule has 1 N–H and O–H groups in total. The van der Waals surface area contributed by atoms with Crippen LogP contribution in [0, 0.1) is 0 Å². The predicted octanol–water partition coefficient (Wildman–Crippen LogP) is 0.287. The molecule has 0 spiro atoms. The van der Waals surface area contributed by atoms with Crippen molar-refractivity contribution in [2.75, 3.05) is 13.6 Å². The molecule has 1 amide bonds. The average Bonchev–Trinajstić information content (AvgIpc) is 2.17. The van der Waals surface area contributed by atoms with Gasteiger partial charge in [-0.3, -0.25) is 9.59 Å². The first-order valence-corrected chi connectivity index (χ1v) is 4.35. The zero-order valence-corrected chi connectivity index (χ0v) is 8.60. The number of carboxylic acid groups (broad SMARTS) is 1. The van der Waals surface area contributed by atoms with E-state index in [4.69, 9.17) is 16.7 Å². The van der Waals surface area contributed by atoms with Crippen LogP contribution in [0.2, 0.25) is 5.15 Å². The molecule has 1 heterocycles. The summed E-state index contributed by atoms with van der Waals surface area (Å²) < 4.78 is 0. The van der Waals surface area contributed by atoms with Gasteiger partial charge in [-0.1, -0.05) is 11.6 Å². The zero-order chi connectivity index (χ0) is 11.4. The van der Waals surface area contributed by atoms with Gasteiger partial charge < -0.3 is 10.0 Å². The van der Waals surface area contributed by atoms with Gasteiger partial charge in [0.05, 0.1) is 0 Å². The average molecular weight is 230 g/mol. The van der Waals surface area contributed by atoms with Crippen LogP contribution in [0.4, 0.5) is 0 Å². The van der Waals surface area contributed by atoms with Crippen LogP contribution in [0.1, 0.15) is 10.5 Å². The number of carbonyl (C=O) groups is 2. The topological polar surface area (TPSA) is 83.4 Å². The molecule has 0 aliphatic rings. The Hall–Kier alpha value is -1.69. The molecular formula is C8H8ClN3O3. The Balaban J connectivity index is 2.76. The molecule has 0 fully saturated rings. The molecule has 0 bridgehead atoms. The summed E-state index contributed by atoms with van der Waals surface area (Å²) in [5.41, 5.74) is 0.0585. The van der Waals surface area contributed by atoms with Gasteiger partial charge in [0.15, 0.2) is 10.8 Å². The molecule has 6 nitrogen and oxygen atoms in total. The lowest BCUT2D eigenvalue weighted by Gasteiger charge is -2.12. The second kappa shape index (κ2) is 4.70. The lowest BCUT2D eigenvalue weighted by atomic mass is 10.3. The van der Waals surface area contributed by atoms with Crippen molar-refractivity contribution in [3.63, 3.8) is 0 Å². The van der Waals surface area contributed by atoms with E-state index in [2.05, 4.69) is 10.2 Å². The van der Waals surface area contributed by atoms with E-state index in [1.54, 1.807) is 0 Å². The molecule has 0 aliphatic carbocycles. The van der Waals surface area contributed by atoms with Gasteiger partial charge in [0.25, 0.3) is 5.91 Å². The molecule has 1 aromatic rings. The minimum absolute atomic E-state index is 0.0585. The van der Waals surface area contributed by atoms with Gasteiger partial charge in [-0.05, 0) is 12.1 Å². The maximum atomic E-state index is 11.5. The molecule has 7 heteroatoms. The Bertz CT molecular complexity index is 379. The number of nitrogens with zero attached hydrogens (tertiary/aromatic N) is 3. The molecule has 1 rings (SSSR count). The molecule has 80 valence electrons. The van der Waals surface area contributed by atoms with E-state index >= 15 is 0 Å². The summed E-state index contributed by atoms with van der Waals surface area (Å²) in [4.78, 5) is 22.9. The number of halogens is 1. The van der Waals surface area contributed by atoms with E-state index in [1.165, 1.54) is 19.2 Å². The van der Waals surface area contributed by atoms with Crippen molar-refractivity contribution in [1.29, 1.82) is 0 Å². The number of aliphatic carboxylic acids is 1. The van der Waals surface area contributed by atoms with Crippen LogP contribution in [0.25, 0.3) is 0 Å². The van der Waals surface area contributed by atoms with Crippen LogP contribution < -0.4 is 0 Å². The Kier molecular flexibility index (Phi) is 3.56. The fourth-order valence-electron chi connectivity index (χ4n) is 0.900. The summed E-state index contributed by atoms with van der Waals surface area (Å²) in [5.74, 6) is -1.60. The molecule has 0 aromatic carbocycles. The number of aromatic nitrogens is 2. The lowest BCUT2D eigenvalue weighted by Crippen LogP contribution is -2.32. The summed E-state index contributed by atoms with van der Waals surface area (Å²) in [6.45, 7) is -0.386. The quantitative estimate of drug-likeness (QED) is 0.805. The maximum Gasteiger partial charge on any atom is 0.323 e. The lowest BCUT2D eigenvalue weighted by molar-refractivity contribution is -0.137. The van der Waals surface area contributed by atoms with Crippen molar-refractivity contribution in [3.05, 3.63) is 23.0 Å². The number of hydrogen-bond donors (Lipinski definition) is 1. The van der Waals surface area contributed by atoms with E-state index in [9.17, 15) is 9.59 Å². The second-order valence-electron chi connectivity index (χ2n) is 2.80. The monoisotopic (exact) mass is 229 g/mol. The van der Waals surface area contributed by atoms with E-state index in [0.29, 0.717) is 0 Å². The first-order valence-electron chi connectivity index (χ1n) is 3.97. The van der Waals surface area contributed by atoms with Crippen LogP contribution in [0.3, 0.4) is 0 Å². The normalized spacial score (nSPS) is 9.73. The van der Waals surface area contributed by atoms with Crippen molar-refractivity contribution < 1.29 is 14.7 Å². The highest BCUT2D eigenvalue weighted by Gasteiger charge is 2.15. The summed E-state index contributed by atoms with van der Waals surface area (Å²) >= 11 is 5.49. The van der Waals surface area contributed by atoms with Gasteiger partial charge in [0, 0.05) is 7.05 Å². The van der Waals surface area contributed by atoms with Crippen molar-refractivity contribution in [2.24, 2.45) is 0 Å². The van der Waals surface area contributed by atoms with Gasteiger partial charge in [-0.2, -0.15) is 0 Å². The number of carboxylic acids is 1.